The zero-order valence-electron chi connectivity index (χ0n) is 32.3. The summed E-state index contributed by atoms with van der Waals surface area (Å²) in [5.74, 6) is 2.57. The van der Waals surface area contributed by atoms with Gasteiger partial charge in [0.25, 0.3) is 0 Å². The normalized spacial score (nSPS) is 15.8. The molecule has 1 saturated heterocycles. The number of carbonyl (C=O) groups excluding carboxylic acids is 1. The van der Waals surface area contributed by atoms with Crippen LogP contribution >= 0.6 is 0 Å². The number of anilines is 1. The lowest BCUT2D eigenvalue weighted by Crippen LogP contribution is -2.51. The molecule has 2 radical (unpaired) electrons. The first-order chi connectivity index (χ1) is 24.4. The number of aryl methyl sites for hydroxylation is 2. The van der Waals surface area contributed by atoms with Crippen molar-refractivity contribution in [3.63, 3.8) is 0 Å². The van der Waals surface area contributed by atoms with Crippen LogP contribution in [0.3, 0.4) is 0 Å². The van der Waals surface area contributed by atoms with Crippen LogP contribution in [0.2, 0.25) is 5.04 Å². The molecule has 0 aliphatic carbocycles. The molecule has 0 spiro atoms. The third-order valence-corrected chi connectivity index (χ3v) is 10.6. The van der Waals surface area contributed by atoms with Crippen LogP contribution in [0.1, 0.15) is 65.5 Å². The molecule has 1 aliphatic rings. The number of rotatable bonds is 14. The zero-order valence-corrected chi connectivity index (χ0v) is 33.3. The standard InChI is InChI=1S/C37H54N6O8Si/c1-22(2)37(9,10)52-51-29(19-42(11)35(46)49-36(6,7)8)21-48-28-14-12-13-26(17-28)33-39-31(30-24(4)41-50-25(30)5)23(3)32(40-33)38-18-27-20-47-16-15-43(27)34(44)45/h12-14,17,22,27,29H,15-16,18-21H2,1-11H3,(H,44,45)(H,38,39,40). The zero-order chi connectivity index (χ0) is 38.4. The molecule has 14 nitrogen and oxygen atoms in total. The molecule has 4 rings (SSSR count). The Hall–Kier alpha value is -4.21. The van der Waals surface area contributed by atoms with E-state index in [9.17, 15) is 14.7 Å². The van der Waals surface area contributed by atoms with Crippen molar-refractivity contribution in [2.45, 2.75) is 92.0 Å². The van der Waals surface area contributed by atoms with Crippen LogP contribution in [0.4, 0.5) is 15.4 Å². The third kappa shape index (κ3) is 10.7. The average molecular weight is 739 g/mol. The van der Waals surface area contributed by atoms with Gasteiger partial charge in [-0.2, -0.15) is 0 Å². The van der Waals surface area contributed by atoms with E-state index in [0.29, 0.717) is 65.7 Å². The van der Waals surface area contributed by atoms with E-state index in [2.05, 4.69) is 38.2 Å². The van der Waals surface area contributed by atoms with Crippen molar-refractivity contribution in [2.24, 2.45) is 5.92 Å². The van der Waals surface area contributed by atoms with Gasteiger partial charge < -0.3 is 38.5 Å². The summed E-state index contributed by atoms with van der Waals surface area (Å²) in [4.78, 5) is 37.5. The number of hydrogen-bond acceptors (Lipinski definition) is 11. The molecule has 52 heavy (non-hydrogen) atoms. The second-order valence-electron chi connectivity index (χ2n) is 15.1. The maximum atomic E-state index is 12.8. The number of nitrogens with zero attached hydrogens (tertiary/aromatic N) is 5. The van der Waals surface area contributed by atoms with Crippen LogP contribution in [-0.4, -0.2) is 116 Å². The fourth-order valence-corrected chi connectivity index (χ4v) is 6.13. The Morgan fingerprint density at radius 3 is 2.52 bits per heavy atom. The van der Waals surface area contributed by atoms with Crippen LogP contribution < -0.4 is 10.1 Å². The molecular formula is C37H54N6O8Si. The molecule has 2 N–H and O–H groups in total. The van der Waals surface area contributed by atoms with Crippen molar-refractivity contribution in [1.29, 1.82) is 0 Å². The second-order valence-corrected chi connectivity index (χ2v) is 16.8. The lowest BCUT2D eigenvalue weighted by Gasteiger charge is -2.33. The van der Waals surface area contributed by atoms with Crippen LogP contribution in [0, 0.1) is 26.7 Å². The van der Waals surface area contributed by atoms with E-state index in [1.165, 1.54) is 9.80 Å². The highest BCUT2D eigenvalue weighted by Crippen LogP contribution is 2.35. The molecular weight excluding hydrogens is 685 g/mol. The third-order valence-electron chi connectivity index (χ3n) is 9.04. The summed E-state index contributed by atoms with van der Waals surface area (Å²) in [6.07, 6.45) is -1.85. The van der Waals surface area contributed by atoms with E-state index in [4.69, 9.17) is 33.1 Å². The Bertz CT molecular complexity index is 1670. The maximum Gasteiger partial charge on any atom is 0.410 e. The van der Waals surface area contributed by atoms with Crippen LogP contribution in [0.5, 0.6) is 5.75 Å². The van der Waals surface area contributed by atoms with Gasteiger partial charge in [-0.1, -0.05) is 45.0 Å². The van der Waals surface area contributed by atoms with E-state index in [1.54, 1.807) is 7.05 Å². The second kappa shape index (κ2) is 17.1. The number of nitrogens with one attached hydrogen (secondary N) is 1. The highest BCUT2D eigenvalue weighted by molar-refractivity contribution is 6.32. The number of amides is 2. The molecule has 3 heterocycles. The van der Waals surface area contributed by atoms with Gasteiger partial charge in [0.15, 0.2) is 5.82 Å². The van der Waals surface area contributed by atoms with Crippen molar-refractivity contribution in [3.8, 4) is 28.4 Å². The quantitative estimate of drug-likeness (QED) is 0.170. The van der Waals surface area contributed by atoms with Crippen LogP contribution in [-0.2, 0) is 13.9 Å². The minimum absolute atomic E-state index is 0.0635. The number of aromatic nitrogens is 3. The highest BCUT2D eigenvalue weighted by Gasteiger charge is 2.30. The summed E-state index contributed by atoms with van der Waals surface area (Å²) in [5, 5.41) is 17.2. The molecule has 1 fully saturated rings. The SMILES string of the molecule is Cc1noc(C)c1-c1nc(-c2cccc(OCC(CN(C)C(=O)OC(C)(C)C)O[Si]C(C)(C)C(C)C)c2)nc(NCC2COCCN2C(=O)O)c1C. The first kappa shape index (κ1) is 40.6. The van der Waals surface area contributed by atoms with Gasteiger partial charge in [0, 0.05) is 31.3 Å². The Kier molecular flexibility index (Phi) is 13.3. The number of carboxylic acid groups (broad SMARTS) is 1. The molecule has 2 unspecified atom stereocenters. The van der Waals surface area contributed by atoms with Crippen molar-refractivity contribution >= 4 is 27.8 Å². The fourth-order valence-electron chi connectivity index (χ4n) is 5.28. The van der Waals surface area contributed by atoms with E-state index in [1.807, 2.05) is 65.8 Å². The number of ether oxygens (including phenoxy) is 3. The van der Waals surface area contributed by atoms with E-state index in [0.717, 1.165) is 11.1 Å². The number of benzene rings is 1. The minimum atomic E-state index is -0.989. The predicted octanol–water partition coefficient (Wildman–Crippen LogP) is 6.62. The summed E-state index contributed by atoms with van der Waals surface area (Å²) in [6, 6.07) is 7.09. The van der Waals surface area contributed by atoms with Crippen molar-refractivity contribution in [1.82, 2.24) is 24.9 Å². The van der Waals surface area contributed by atoms with Gasteiger partial charge in [0.05, 0.1) is 48.9 Å². The van der Waals surface area contributed by atoms with Gasteiger partial charge in [-0.3, -0.25) is 4.90 Å². The summed E-state index contributed by atoms with van der Waals surface area (Å²) in [5.41, 5.74) is 2.95. The molecule has 2 amide bonds. The van der Waals surface area contributed by atoms with E-state index in [-0.39, 0.29) is 40.6 Å². The Morgan fingerprint density at radius 2 is 1.88 bits per heavy atom. The molecule has 1 aromatic carbocycles. The molecule has 15 heteroatoms. The number of carbonyl (C=O) groups is 2. The molecule has 284 valence electrons. The number of likely N-dealkylation sites (N-methyl/N-ethyl adjacent to an activating group) is 1. The maximum absolute atomic E-state index is 12.8. The van der Waals surface area contributed by atoms with Gasteiger partial charge >= 0.3 is 12.2 Å². The lowest BCUT2D eigenvalue weighted by atomic mass is 9.99. The van der Waals surface area contributed by atoms with Crippen LogP contribution in [0.25, 0.3) is 22.6 Å². The average Bonchev–Trinajstić information content (AvgIpc) is 3.41. The number of morpholine rings is 1. The Labute approximate surface area is 309 Å². The Morgan fingerprint density at radius 1 is 1.15 bits per heavy atom. The van der Waals surface area contributed by atoms with Crippen LogP contribution in [0.15, 0.2) is 28.8 Å². The first-order valence-corrected chi connectivity index (χ1v) is 18.5. The van der Waals surface area contributed by atoms with Crippen molar-refractivity contribution in [2.75, 3.05) is 51.8 Å². The molecule has 3 aromatic rings. The van der Waals surface area contributed by atoms with Gasteiger partial charge in [0.1, 0.15) is 29.5 Å². The Balaban J connectivity index is 1.61. The van der Waals surface area contributed by atoms with Gasteiger partial charge in [0.2, 0.25) is 9.76 Å². The summed E-state index contributed by atoms with van der Waals surface area (Å²) in [6.45, 7) is 21.5. The lowest BCUT2D eigenvalue weighted by molar-refractivity contribution is 0.00442. The van der Waals surface area contributed by atoms with Gasteiger partial charge in [-0.25, -0.2) is 19.6 Å². The molecule has 1 aliphatic heterocycles. The predicted molar refractivity (Wildman–Crippen MR) is 199 cm³/mol. The summed E-state index contributed by atoms with van der Waals surface area (Å²) < 4.78 is 29.4. The number of hydrogen-bond donors (Lipinski definition) is 2. The monoisotopic (exact) mass is 738 g/mol. The topological polar surface area (TPSA) is 162 Å². The first-order valence-electron chi connectivity index (χ1n) is 17.6. The van der Waals surface area contributed by atoms with Gasteiger partial charge in [-0.05, 0) is 64.6 Å². The summed E-state index contributed by atoms with van der Waals surface area (Å²) >= 11 is 0. The van der Waals surface area contributed by atoms with Crippen molar-refractivity contribution in [3.05, 3.63) is 41.3 Å². The van der Waals surface area contributed by atoms with E-state index < -0.39 is 23.9 Å². The minimum Gasteiger partial charge on any atom is -0.491 e. The van der Waals surface area contributed by atoms with Gasteiger partial charge in [-0.15, -0.1) is 0 Å². The molecule has 2 atom stereocenters. The smallest absolute Gasteiger partial charge is 0.410 e. The highest BCUT2D eigenvalue weighted by atomic mass is 28.2. The molecule has 0 bridgehead atoms. The van der Waals surface area contributed by atoms with E-state index >= 15 is 0 Å². The summed E-state index contributed by atoms with van der Waals surface area (Å²) in [7, 11) is 1.88. The largest absolute Gasteiger partial charge is 0.491 e. The molecule has 2 aromatic heterocycles. The van der Waals surface area contributed by atoms with Crippen molar-refractivity contribution < 1.29 is 37.9 Å². The molecule has 0 saturated carbocycles. The fraction of sp³-hybridized carbons (Fsp3) is 0.595.